The van der Waals surface area contributed by atoms with Crippen LogP contribution in [0.15, 0.2) is 18.2 Å². The zero-order chi connectivity index (χ0) is 21.8. The Morgan fingerprint density at radius 1 is 1.06 bits per heavy atom. The Labute approximate surface area is 183 Å². The van der Waals surface area contributed by atoms with Crippen LogP contribution in [0, 0.1) is 0 Å². The van der Waals surface area contributed by atoms with Crippen molar-refractivity contribution in [3.05, 3.63) is 29.3 Å². The van der Waals surface area contributed by atoms with Gasteiger partial charge in [0.05, 0.1) is 11.7 Å². The molecule has 3 heterocycles. The number of nitrogens with zero attached hydrogens (tertiary/aromatic N) is 1. The molecular formula is C22H30N4O4S. The molecule has 2 amide bonds. The van der Waals surface area contributed by atoms with E-state index in [0.717, 1.165) is 36.9 Å². The Morgan fingerprint density at radius 3 is 2.42 bits per heavy atom. The summed E-state index contributed by atoms with van der Waals surface area (Å²) < 4.78 is 28.5. The Morgan fingerprint density at radius 2 is 1.74 bits per heavy atom. The number of amides is 2. The van der Waals surface area contributed by atoms with Gasteiger partial charge in [0, 0.05) is 35.4 Å². The number of anilines is 1. The zero-order valence-corrected chi connectivity index (χ0v) is 18.4. The maximum absolute atomic E-state index is 13.4. The second-order valence-corrected chi connectivity index (χ2v) is 11.7. The van der Waals surface area contributed by atoms with Crippen LogP contribution in [0.25, 0.3) is 0 Å². The summed E-state index contributed by atoms with van der Waals surface area (Å²) >= 11 is 0. The molecule has 4 aliphatic rings. The largest absolute Gasteiger partial charge is 0.349 e. The minimum absolute atomic E-state index is 0.0357. The number of hydrogen-bond acceptors (Lipinski definition) is 5. The fourth-order valence-corrected chi connectivity index (χ4v) is 8.29. The van der Waals surface area contributed by atoms with Gasteiger partial charge in [-0.1, -0.05) is 0 Å². The van der Waals surface area contributed by atoms with Crippen molar-refractivity contribution in [2.45, 2.75) is 87.2 Å². The lowest BCUT2D eigenvalue weighted by Gasteiger charge is -2.41. The van der Waals surface area contributed by atoms with E-state index >= 15 is 0 Å². The van der Waals surface area contributed by atoms with Gasteiger partial charge in [-0.15, -0.1) is 0 Å². The lowest BCUT2D eigenvalue weighted by Crippen LogP contribution is -2.55. The van der Waals surface area contributed by atoms with Crippen LogP contribution in [0.2, 0.25) is 0 Å². The second kappa shape index (κ2) is 7.86. The van der Waals surface area contributed by atoms with Crippen molar-refractivity contribution in [1.82, 2.24) is 9.62 Å². The van der Waals surface area contributed by atoms with E-state index in [-0.39, 0.29) is 41.2 Å². The summed E-state index contributed by atoms with van der Waals surface area (Å²) in [6.07, 6.45) is 6.15. The molecule has 0 aromatic heterocycles. The predicted octanol–water partition coefficient (Wildman–Crippen LogP) is 1.51. The Balaban J connectivity index is 1.25. The first kappa shape index (κ1) is 20.9. The average Bonchev–Trinajstić information content (AvgIpc) is 3.24. The molecule has 2 saturated heterocycles. The summed E-state index contributed by atoms with van der Waals surface area (Å²) in [5.41, 5.74) is 8.11. The fourth-order valence-electron chi connectivity index (χ4n) is 5.87. The van der Waals surface area contributed by atoms with Crippen LogP contribution in [-0.2, 0) is 21.2 Å². The highest BCUT2D eigenvalue weighted by atomic mass is 32.2. The smallest absolute Gasteiger partial charge is 0.251 e. The van der Waals surface area contributed by atoms with Crippen LogP contribution in [-0.4, -0.2) is 54.0 Å². The maximum atomic E-state index is 13.4. The molecule has 5 rings (SSSR count). The summed E-state index contributed by atoms with van der Waals surface area (Å²) in [7, 11) is -3.33. The minimum atomic E-state index is -3.33. The van der Waals surface area contributed by atoms with Gasteiger partial charge < -0.3 is 16.4 Å². The van der Waals surface area contributed by atoms with E-state index in [1.54, 1.807) is 22.5 Å². The van der Waals surface area contributed by atoms with E-state index in [1.165, 1.54) is 0 Å². The molecule has 31 heavy (non-hydrogen) atoms. The average molecular weight is 447 g/mol. The molecule has 1 aliphatic carbocycles. The SMILES string of the molecule is NC1CCC(S(=O)(=O)N2[C@@H]3CC[C@H]2C[C@H](NC(=O)c2ccc4c(c2)CC(=O)N4)C3)CC1. The topological polar surface area (TPSA) is 122 Å². The van der Waals surface area contributed by atoms with Crippen molar-refractivity contribution in [1.29, 1.82) is 0 Å². The van der Waals surface area contributed by atoms with Gasteiger partial charge in [-0.3, -0.25) is 9.59 Å². The number of nitrogens with two attached hydrogens (primary N) is 1. The molecule has 3 fully saturated rings. The van der Waals surface area contributed by atoms with Gasteiger partial charge in [0.25, 0.3) is 5.91 Å². The Hall–Kier alpha value is -1.97. The first-order valence-electron chi connectivity index (χ1n) is 11.3. The molecule has 9 heteroatoms. The molecule has 2 bridgehead atoms. The van der Waals surface area contributed by atoms with E-state index in [4.69, 9.17) is 5.73 Å². The van der Waals surface area contributed by atoms with E-state index in [2.05, 4.69) is 10.6 Å². The van der Waals surface area contributed by atoms with Gasteiger partial charge in [-0.05, 0) is 75.1 Å². The number of piperidine rings is 1. The number of benzene rings is 1. The van der Waals surface area contributed by atoms with Crippen LogP contribution in [0.5, 0.6) is 0 Å². The molecule has 8 nitrogen and oxygen atoms in total. The van der Waals surface area contributed by atoms with E-state index < -0.39 is 10.0 Å². The van der Waals surface area contributed by atoms with Crippen LogP contribution in [0.3, 0.4) is 0 Å². The second-order valence-electron chi connectivity index (χ2n) is 9.54. The molecule has 0 unspecified atom stereocenters. The zero-order valence-electron chi connectivity index (χ0n) is 17.5. The van der Waals surface area contributed by atoms with Gasteiger partial charge >= 0.3 is 0 Å². The number of sulfonamides is 1. The van der Waals surface area contributed by atoms with Crippen LogP contribution in [0.4, 0.5) is 5.69 Å². The standard InChI is InChI=1S/C22H30N4O4S/c23-15-2-6-19(7-3-15)31(29,30)26-17-4-5-18(26)12-16(11-17)24-22(28)13-1-8-20-14(9-13)10-21(27)25-20/h1,8-9,15-19H,2-7,10-12,23H2,(H,24,28)(H,25,27)/t15?,16-,17-,18+,19?. The van der Waals surface area contributed by atoms with Crippen LogP contribution < -0.4 is 16.4 Å². The van der Waals surface area contributed by atoms with Crippen molar-refractivity contribution in [2.75, 3.05) is 5.32 Å². The van der Waals surface area contributed by atoms with Crippen molar-refractivity contribution >= 4 is 27.5 Å². The third kappa shape index (κ3) is 3.87. The third-order valence-corrected chi connectivity index (χ3v) is 9.93. The molecular weight excluding hydrogens is 416 g/mol. The minimum Gasteiger partial charge on any atom is -0.349 e. The Kier molecular flexibility index (Phi) is 5.30. The van der Waals surface area contributed by atoms with E-state index in [0.29, 0.717) is 37.7 Å². The van der Waals surface area contributed by atoms with Crippen LogP contribution in [0.1, 0.15) is 67.3 Å². The number of hydrogen-bond donors (Lipinski definition) is 3. The van der Waals surface area contributed by atoms with Crippen molar-refractivity contribution in [3.8, 4) is 0 Å². The van der Waals surface area contributed by atoms with Crippen molar-refractivity contribution in [3.63, 3.8) is 0 Å². The highest BCUT2D eigenvalue weighted by Crippen LogP contribution is 2.41. The Bertz CT molecular complexity index is 989. The number of carbonyl (C=O) groups excluding carboxylic acids is 2. The summed E-state index contributed by atoms with van der Waals surface area (Å²) in [6.45, 7) is 0. The number of carbonyl (C=O) groups is 2. The van der Waals surface area contributed by atoms with Gasteiger partial charge in [-0.2, -0.15) is 4.31 Å². The summed E-state index contributed by atoms with van der Waals surface area (Å²) in [5.74, 6) is -0.221. The molecule has 1 aromatic rings. The van der Waals surface area contributed by atoms with Gasteiger partial charge in [0.15, 0.2) is 0 Å². The highest BCUT2D eigenvalue weighted by molar-refractivity contribution is 7.89. The summed E-state index contributed by atoms with van der Waals surface area (Å²) in [6, 6.07) is 5.27. The van der Waals surface area contributed by atoms with Gasteiger partial charge in [0.1, 0.15) is 0 Å². The molecule has 3 aliphatic heterocycles. The molecule has 1 aromatic carbocycles. The lowest BCUT2D eigenvalue weighted by molar-refractivity contribution is -0.115. The summed E-state index contributed by atoms with van der Waals surface area (Å²) in [4.78, 5) is 24.4. The molecule has 3 atom stereocenters. The van der Waals surface area contributed by atoms with Gasteiger partial charge in [-0.25, -0.2) is 8.42 Å². The maximum Gasteiger partial charge on any atom is 0.251 e. The van der Waals surface area contributed by atoms with E-state index in [9.17, 15) is 18.0 Å². The first-order chi connectivity index (χ1) is 14.8. The monoisotopic (exact) mass is 446 g/mol. The molecule has 1 saturated carbocycles. The molecule has 0 radical (unpaired) electrons. The third-order valence-electron chi connectivity index (χ3n) is 7.43. The van der Waals surface area contributed by atoms with E-state index in [1.807, 2.05) is 0 Å². The number of rotatable bonds is 4. The quantitative estimate of drug-likeness (QED) is 0.647. The van der Waals surface area contributed by atoms with Crippen molar-refractivity contribution < 1.29 is 18.0 Å². The van der Waals surface area contributed by atoms with Crippen LogP contribution >= 0.6 is 0 Å². The number of nitrogens with one attached hydrogen (secondary N) is 2. The lowest BCUT2D eigenvalue weighted by atomic mass is 9.96. The fraction of sp³-hybridized carbons (Fsp3) is 0.636. The first-order valence-corrected chi connectivity index (χ1v) is 12.8. The van der Waals surface area contributed by atoms with Gasteiger partial charge in [0.2, 0.25) is 15.9 Å². The van der Waals surface area contributed by atoms with Crippen molar-refractivity contribution in [2.24, 2.45) is 5.73 Å². The molecule has 168 valence electrons. The number of fused-ring (bicyclic) bond motifs is 3. The normalized spacial score (nSPS) is 33.1. The molecule has 0 spiro atoms. The molecule has 4 N–H and O–H groups in total. The predicted molar refractivity (Wildman–Crippen MR) is 117 cm³/mol. The summed E-state index contributed by atoms with van der Waals surface area (Å²) in [5, 5.41) is 5.57. The highest BCUT2D eigenvalue weighted by Gasteiger charge is 2.49.